The first-order valence-corrected chi connectivity index (χ1v) is 10.7. The summed E-state index contributed by atoms with van der Waals surface area (Å²) >= 11 is 0. The third-order valence-corrected chi connectivity index (χ3v) is 5.65. The lowest BCUT2D eigenvalue weighted by molar-refractivity contribution is 0.309. The Morgan fingerprint density at radius 3 is 2.56 bits per heavy atom. The van der Waals surface area contributed by atoms with Crippen molar-refractivity contribution in [3.8, 4) is 28.4 Å². The number of rotatable bonds is 6. The minimum absolute atomic E-state index is 0.487. The van der Waals surface area contributed by atoms with Crippen LogP contribution in [0.2, 0.25) is 0 Å². The second kappa shape index (κ2) is 8.26. The summed E-state index contributed by atoms with van der Waals surface area (Å²) in [4.78, 5) is 4.59. The van der Waals surface area contributed by atoms with Crippen molar-refractivity contribution in [2.75, 3.05) is 0 Å². The van der Waals surface area contributed by atoms with Gasteiger partial charge in [0.05, 0.1) is 11.2 Å². The van der Waals surface area contributed by atoms with Crippen molar-refractivity contribution >= 4 is 10.9 Å². The Labute approximate surface area is 186 Å². The van der Waals surface area contributed by atoms with Crippen LogP contribution in [-0.2, 0) is 13.2 Å². The van der Waals surface area contributed by atoms with Gasteiger partial charge < -0.3 is 9.30 Å². The third kappa shape index (κ3) is 3.62. The minimum Gasteiger partial charge on any atom is -0.488 e. The van der Waals surface area contributed by atoms with Gasteiger partial charge >= 0.3 is 0 Å². The molecule has 0 unspecified atom stereocenters. The summed E-state index contributed by atoms with van der Waals surface area (Å²) in [5.41, 5.74) is 7.37. The molecular weight excluding hydrogens is 400 g/mol. The molecule has 0 aliphatic rings. The number of nitrogens with one attached hydrogen (secondary N) is 1. The van der Waals surface area contributed by atoms with Crippen molar-refractivity contribution in [3.05, 3.63) is 77.6 Å². The van der Waals surface area contributed by atoms with E-state index in [1.807, 2.05) is 37.3 Å². The highest BCUT2D eigenvalue weighted by molar-refractivity contribution is 5.85. The molecule has 0 spiro atoms. The lowest BCUT2D eigenvalue weighted by atomic mass is 10.1. The van der Waals surface area contributed by atoms with Crippen LogP contribution >= 0.6 is 0 Å². The van der Waals surface area contributed by atoms with Gasteiger partial charge in [0.25, 0.3) is 0 Å². The Bertz CT molecular complexity index is 1370. The summed E-state index contributed by atoms with van der Waals surface area (Å²) in [6, 6.07) is 20.6. The molecule has 0 fully saturated rings. The number of aromatic amines is 1. The largest absolute Gasteiger partial charge is 0.488 e. The number of ether oxygens (including phenoxy) is 1. The summed E-state index contributed by atoms with van der Waals surface area (Å²) in [5.74, 6) is 1.52. The van der Waals surface area contributed by atoms with Gasteiger partial charge in [0.15, 0.2) is 5.82 Å². The molecule has 0 radical (unpaired) electrons. The van der Waals surface area contributed by atoms with Gasteiger partial charge in [-0.2, -0.15) is 0 Å². The highest BCUT2D eigenvalue weighted by atomic mass is 16.5. The Morgan fingerprint density at radius 2 is 1.81 bits per heavy atom. The molecule has 7 heteroatoms. The Balaban J connectivity index is 1.43. The number of tetrazole rings is 1. The Hall–Kier alpha value is -4.00. The first-order valence-electron chi connectivity index (χ1n) is 10.7. The maximum Gasteiger partial charge on any atom is 0.181 e. The highest BCUT2D eigenvalue weighted by Crippen LogP contribution is 2.33. The number of benzene rings is 2. The molecule has 0 amide bonds. The van der Waals surface area contributed by atoms with E-state index in [0.717, 1.165) is 51.3 Å². The van der Waals surface area contributed by atoms with Crippen LogP contribution in [0, 0.1) is 13.8 Å². The molecule has 5 aromatic rings. The second-order valence-corrected chi connectivity index (χ2v) is 7.81. The number of para-hydroxylation sites is 1. The van der Waals surface area contributed by atoms with Crippen molar-refractivity contribution in [2.45, 2.75) is 33.9 Å². The molecule has 0 saturated carbocycles. The average Bonchev–Trinajstić information content (AvgIpc) is 3.45. The summed E-state index contributed by atoms with van der Waals surface area (Å²) in [5, 5.41) is 15.5. The van der Waals surface area contributed by atoms with Gasteiger partial charge in [-0.15, -0.1) is 5.10 Å². The zero-order valence-corrected chi connectivity index (χ0v) is 18.3. The molecule has 1 N–H and O–H groups in total. The smallest absolute Gasteiger partial charge is 0.181 e. The zero-order valence-electron chi connectivity index (χ0n) is 18.3. The molecular formula is C25H24N6O. The SMILES string of the molecule is CCn1c(C)cc(-c2nnn[nH]2)c1-c1ccc(COc2cc(C)nc3ccccc23)cc1. The molecule has 3 heterocycles. The van der Waals surface area contributed by atoms with Crippen LogP contribution in [0.3, 0.4) is 0 Å². The van der Waals surface area contributed by atoms with Crippen LogP contribution in [0.25, 0.3) is 33.5 Å². The van der Waals surface area contributed by atoms with Crippen LogP contribution in [0.4, 0.5) is 0 Å². The quantitative estimate of drug-likeness (QED) is 0.410. The molecule has 5 rings (SSSR count). The van der Waals surface area contributed by atoms with Gasteiger partial charge in [-0.1, -0.05) is 36.4 Å². The molecule has 7 nitrogen and oxygen atoms in total. The monoisotopic (exact) mass is 424 g/mol. The maximum atomic E-state index is 6.19. The van der Waals surface area contributed by atoms with Crippen molar-refractivity contribution in [3.63, 3.8) is 0 Å². The lowest BCUT2D eigenvalue weighted by Crippen LogP contribution is -2.01. The maximum absolute atomic E-state index is 6.19. The number of nitrogens with zero attached hydrogens (tertiary/aromatic N) is 5. The van der Waals surface area contributed by atoms with Crippen LogP contribution in [0.5, 0.6) is 5.75 Å². The van der Waals surface area contributed by atoms with Gasteiger partial charge in [-0.25, -0.2) is 5.10 Å². The fourth-order valence-corrected chi connectivity index (χ4v) is 4.16. The van der Waals surface area contributed by atoms with E-state index < -0.39 is 0 Å². The standard InChI is InChI=1S/C25H24N6O/c1-4-31-17(3)14-21(25-27-29-30-28-25)24(31)19-11-9-18(10-12-19)15-32-23-13-16(2)26-22-8-6-5-7-20(22)23/h5-14H,4,15H2,1-3H3,(H,27,28,29,30). The first-order chi connectivity index (χ1) is 15.6. The minimum atomic E-state index is 0.487. The van der Waals surface area contributed by atoms with Crippen molar-refractivity contribution < 1.29 is 4.74 Å². The molecule has 0 bridgehead atoms. The predicted octanol–water partition coefficient (Wildman–Crippen LogP) is 5.10. The fourth-order valence-electron chi connectivity index (χ4n) is 4.16. The van der Waals surface area contributed by atoms with Crippen molar-refractivity contribution in [1.29, 1.82) is 0 Å². The number of hydrogen-bond acceptors (Lipinski definition) is 5. The van der Waals surface area contributed by atoms with Crippen LogP contribution in [0.15, 0.2) is 60.7 Å². The van der Waals surface area contributed by atoms with E-state index in [1.165, 1.54) is 5.69 Å². The van der Waals surface area contributed by atoms with E-state index in [9.17, 15) is 0 Å². The lowest BCUT2D eigenvalue weighted by Gasteiger charge is -2.13. The summed E-state index contributed by atoms with van der Waals surface area (Å²) in [6.45, 7) is 7.58. The second-order valence-electron chi connectivity index (χ2n) is 7.81. The summed E-state index contributed by atoms with van der Waals surface area (Å²) in [6.07, 6.45) is 0. The molecule has 0 aliphatic carbocycles. The molecule has 2 aromatic carbocycles. The number of hydrogen-bond donors (Lipinski definition) is 1. The molecule has 160 valence electrons. The van der Waals surface area contributed by atoms with Crippen LogP contribution in [0.1, 0.15) is 23.9 Å². The number of fused-ring (bicyclic) bond motifs is 1. The molecule has 0 atom stereocenters. The molecule has 3 aromatic heterocycles. The van der Waals surface area contributed by atoms with Gasteiger partial charge in [0.2, 0.25) is 0 Å². The van der Waals surface area contributed by atoms with E-state index in [-0.39, 0.29) is 0 Å². The number of H-pyrrole nitrogens is 1. The van der Waals surface area contributed by atoms with E-state index in [2.05, 4.69) is 74.4 Å². The van der Waals surface area contributed by atoms with Gasteiger partial charge in [0.1, 0.15) is 12.4 Å². The number of aromatic nitrogens is 6. The first kappa shape index (κ1) is 19.9. The topological polar surface area (TPSA) is 81.5 Å². The van der Waals surface area contributed by atoms with Crippen molar-refractivity contribution in [2.24, 2.45) is 0 Å². The summed E-state index contributed by atoms with van der Waals surface area (Å²) < 4.78 is 8.46. The summed E-state index contributed by atoms with van der Waals surface area (Å²) in [7, 11) is 0. The van der Waals surface area contributed by atoms with E-state index >= 15 is 0 Å². The van der Waals surface area contributed by atoms with Gasteiger partial charge in [-0.05, 0) is 60.5 Å². The molecule has 0 aliphatic heterocycles. The zero-order chi connectivity index (χ0) is 22.1. The van der Waals surface area contributed by atoms with E-state index in [4.69, 9.17) is 4.74 Å². The van der Waals surface area contributed by atoms with Crippen molar-refractivity contribution in [1.82, 2.24) is 30.2 Å². The normalized spacial score (nSPS) is 11.2. The predicted molar refractivity (Wildman–Crippen MR) is 124 cm³/mol. The third-order valence-electron chi connectivity index (χ3n) is 5.65. The van der Waals surface area contributed by atoms with E-state index in [0.29, 0.717) is 12.4 Å². The van der Waals surface area contributed by atoms with Crippen LogP contribution < -0.4 is 4.74 Å². The highest BCUT2D eigenvalue weighted by Gasteiger charge is 2.18. The average molecular weight is 425 g/mol. The molecule has 32 heavy (non-hydrogen) atoms. The van der Waals surface area contributed by atoms with Gasteiger partial charge in [0, 0.05) is 34.9 Å². The Morgan fingerprint density at radius 1 is 1.00 bits per heavy atom. The number of pyridine rings is 1. The number of aryl methyl sites for hydroxylation is 2. The van der Waals surface area contributed by atoms with E-state index in [1.54, 1.807) is 0 Å². The molecule has 0 saturated heterocycles. The Kier molecular flexibility index (Phi) is 5.15. The van der Waals surface area contributed by atoms with Gasteiger partial charge in [-0.3, -0.25) is 4.98 Å². The van der Waals surface area contributed by atoms with Crippen LogP contribution in [-0.4, -0.2) is 30.2 Å². The fraction of sp³-hybridized carbons (Fsp3) is 0.200.